The van der Waals surface area contributed by atoms with Crippen molar-refractivity contribution in [2.24, 2.45) is 18.8 Å². The van der Waals surface area contributed by atoms with E-state index in [-0.39, 0.29) is 11.3 Å². The van der Waals surface area contributed by atoms with Gasteiger partial charge in [0.2, 0.25) is 0 Å². The quantitative estimate of drug-likeness (QED) is 0.325. The van der Waals surface area contributed by atoms with Crippen molar-refractivity contribution in [3.63, 3.8) is 0 Å². The molecule has 0 radical (unpaired) electrons. The van der Waals surface area contributed by atoms with Gasteiger partial charge in [-0.25, -0.2) is 5.84 Å². The van der Waals surface area contributed by atoms with E-state index in [1.807, 2.05) is 12.3 Å². The monoisotopic (exact) mass is 387 g/mol. The van der Waals surface area contributed by atoms with Crippen molar-refractivity contribution in [2.75, 3.05) is 19.9 Å². The number of aromatic nitrogens is 1. The van der Waals surface area contributed by atoms with E-state index in [4.69, 9.17) is 15.3 Å². The first-order valence-corrected chi connectivity index (χ1v) is 10.0. The van der Waals surface area contributed by atoms with Crippen LogP contribution in [0.5, 0.6) is 11.5 Å². The zero-order valence-electron chi connectivity index (χ0n) is 15.8. The Kier molecular flexibility index (Phi) is 6.13. The van der Waals surface area contributed by atoms with E-state index in [9.17, 15) is 4.79 Å². The Morgan fingerprint density at radius 3 is 2.78 bits per heavy atom. The molecule has 1 aliphatic carbocycles. The standard InChI is InChI=1S/C20H25N3O3S/c1-22-12-15(10-19(20(22)24)25-9-8-23(2)21)17-11-16(27-3)6-7-18(17)26-13-14-4-5-14/h6-12,14H,4-5,13,21H2,1-3H3/b9-8+. The second-order valence-corrected chi connectivity index (χ2v) is 7.57. The van der Waals surface area contributed by atoms with Gasteiger partial charge in [0, 0.05) is 36.3 Å². The van der Waals surface area contributed by atoms with Crippen LogP contribution in [0.2, 0.25) is 0 Å². The van der Waals surface area contributed by atoms with Gasteiger partial charge in [-0.3, -0.25) is 4.79 Å². The molecule has 2 N–H and O–H groups in total. The van der Waals surface area contributed by atoms with Crippen LogP contribution in [0.3, 0.4) is 0 Å². The van der Waals surface area contributed by atoms with E-state index >= 15 is 0 Å². The van der Waals surface area contributed by atoms with Crippen molar-refractivity contribution >= 4 is 11.8 Å². The lowest BCUT2D eigenvalue weighted by atomic mass is 10.1. The molecule has 0 saturated heterocycles. The molecule has 0 unspecified atom stereocenters. The highest BCUT2D eigenvalue weighted by Crippen LogP contribution is 2.36. The first-order chi connectivity index (χ1) is 13.0. The predicted molar refractivity (Wildman–Crippen MR) is 109 cm³/mol. The summed E-state index contributed by atoms with van der Waals surface area (Å²) in [5.74, 6) is 7.24. The molecule has 0 atom stereocenters. The molecular weight excluding hydrogens is 362 g/mol. The number of ether oxygens (including phenoxy) is 2. The number of hydrazine groups is 1. The first kappa shape index (κ1) is 19.4. The lowest BCUT2D eigenvalue weighted by Crippen LogP contribution is -2.20. The van der Waals surface area contributed by atoms with Gasteiger partial charge in [0.25, 0.3) is 5.56 Å². The van der Waals surface area contributed by atoms with E-state index in [1.165, 1.54) is 34.9 Å². The number of rotatable bonds is 8. The SMILES string of the molecule is CSc1ccc(OCC2CC2)c(-c2cc(O/C=C/N(C)N)c(=O)n(C)c2)c1. The van der Waals surface area contributed by atoms with E-state index in [0.29, 0.717) is 5.92 Å². The Morgan fingerprint density at radius 1 is 1.33 bits per heavy atom. The highest BCUT2D eigenvalue weighted by molar-refractivity contribution is 7.98. The van der Waals surface area contributed by atoms with E-state index in [1.54, 1.807) is 38.1 Å². The van der Waals surface area contributed by atoms with Crippen LogP contribution in [0.1, 0.15) is 12.8 Å². The Morgan fingerprint density at radius 2 is 2.11 bits per heavy atom. The fourth-order valence-electron chi connectivity index (χ4n) is 2.59. The summed E-state index contributed by atoms with van der Waals surface area (Å²) in [5, 5.41) is 1.35. The van der Waals surface area contributed by atoms with Gasteiger partial charge in [-0.05, 0) is 49.3 Å². The van der Waals surface area contributed by atoms with Gasteiger partial charge in [0.1, 0.15) is 12.0 Å². The maximum Gasteiger partial charge on any atom is 0.293 e. The summed E-state index contributed by atoms with van der Waals surface area (Å²) in [6, 6.07) is 7.88. The van der Waals surface area contributed by atoms with Crippen molar-refractivity contribution in [1.82, 2.24) is 9.58 Å². The van der Waals surface area contributed by atoms with Gasteiger partial charge in [-0.1, -0.05) is 0 Å². The molecular formula is C20H25N3O3S. The number of pyridine rings is 1. The van der Waals surface area contributed by atoms with Gasteiger partial charge in [-0.15, -0.1) is 11.8 Å². The Bertz CT molecular complexity index is 889. The van der Waals surface area contributed by atoms with Gasteiger partial charge >= 0.3 is 0 Å². The average molecular weight is 388 g/mol. The molecule has 1 fully saturated rings. The molecule has 27 heavy (non-hydrogen) atoms. The molecule has 6 nitrogen and oxygen atoms in total. The second kappa shape index (κ2) is 8.54. The van der Waals surface area contributed by atoms with E-state index < -0.39 is 0 Å². The molecule has 1 saturated carbocycles. The smallest absolute Gasteiger partial charge is 0.293 e. The Hall–Kier alpha value is -2.38. The topological polar surface area (TPSA) is 69.7 Å². The minimum atomic E-state index is -0.218. The number of hydrogen-bond donors (Lipinski definition) is 1. The van der Waals surface area contributed by atoms with E-state index in [0.717, 1.165) is 28.4 Å². The van der Waals surface area contributed by atoms with Crippen LogP contribution in [0.25, 0.3) is 11.1 Å². The summed E-state index contributed by atoms with van der Waals surface area (Å²) < 4.78 is 13.1. The van der Waals surface area contributed by atoms with Crippen LogP contribution < -0.4 is 20.9 Å². The van der Waals surface area contributed by atoms with Crippen molar-refractivity contribution < 1.29 is 9.47 Å². The van der Waals surface area contributed by atoms with Gasteiger partial charge in [0.15, 0.2) is 5.75 Å². The van der Waals surface area contributed by atoms with Crippen LogP contribution in [0, 0.1) is 5.92 Å². The normalized spacial score (nSPS) is 13.8. The summed E-state index contributed by atoms with van der Waals surface area (Å²) in [6.07, 6.45) is 9.23. The van der Waals surface area contributed by atoms with E-state index in [2.05, 4.69) is 12.1 Å². The summed E-state index contributed by atoms with van der Waals surface area (Å²) >= 11 is 1.67. The summed E-state index contributed by atoms with van der Waals surface area (Å²) in [6.45, 7) is 0.728. The number of nitrogens with zero attached hydrogens (tertiary/aromatic N) is 2. The molecule has 0 aliphatic heterocycles. The maximum atomic E-state index is 12.4. The summed E-state index contributed by atoms with van der Waals surface area (Å²) in [7, 11) is 3.38. The highest BCUT2D eigenvalue weighted by atomic mass is 32.2. The average Bonchev–Trinajstić information content (AvgIpc) is 3.47. The van der Waals surface area contributed by atoms with Crippen molar-refractivity contribution in [2.45, 2.75) is 17.7 Å². The molecule has 0 bridgehead atoms. The van der Waals surface area contributed by atoms with Gasteiger partial charge < -0.3 is 19.0 Å². The van der Waals surface area contributed by atoms with Crippen LogP contribution in [-0.4, -0.2) is 29.5 Å². The largest absolute Gasteiger partial charge is 0.493 e. The third-order valence-corrected chi connectivity index (χ3v) is 5.04. The minimum absolute atomic E-state index is 0.218. The Labute approximate surface area is 163 Å². The van der Waals surface area contributed by atoms with Crippen LogP contribution in [0.4, 0.5) is 0 Å². The van der Waals surface area contributed by atoms with Crippen molar-refractivity contribution in [1.29, 1.82) is 0 Å². The number of aryl methyl sites for hydroxylation is 1. The Balaban J connectivity index is 1.98. The number of hydrogen-bond acceptors (Lipinski definition) is 6. The predicted octanol–water partition coefficient (Wildman–Crippen LogP) is 3.22. The third kappa shape index (κ3) is 5.08. The summed E-state index contributed by atoms with van der Waals surface area (Å²) in [5.41, 5.74) is 1.59. The number of benzene rings is 1. The molecule has 1 heterocycles. The molecule has 1 aromatic heterocycles. The first-order valence-electron chi connectivity index (χ1n) is 8.80. The molecule has 1 aromatic carbocycles. The lowest BCUT2D eigenvalue weighted by molar-refractivity contribution is 0.301. The number of thioether (sulfide) groups is 1. The van der Waals surface area contributed by atoms with Gasteiger partial charge in [-0.2, -0.15) is 0 Å². The molecule has 0 spiro atoms. The third-order valence-electron chi connectivity index (χ3n) is 4.31. The fraction of sp³-hybridized carbons (Fsp3) is 0.350. The summed E-state index contributed by atoms with van der Waals surface area (Å²) in [4.78, 5) is 13.5. The molecule has 1 aliphatic rings. The van der Waals surface area contributed by atoms with Gasteiger partial charge in [0.05, 0.1) is 12.8 Å². The molecule has 144 valence electrons. The zero-order chi connectivity index (χ0) is 19.4. The van der Waals surface area contributed by atoms with Crippen LogP contribution in [0.15, 0.2) is 52.6 Å². The fourth-order valence-corrected chi connectivity index (χ4v) is 3.03. The maximum absolute atomic E-state index is 12.4. The van der Waals surface area contributed by atoms with Crippen LogP contribution in [-0.2, 0) is 7.05 Å². The van der Waals surface area contributed by atoms with Crippen molar-refractivity contribution in [3.8, 4) is 22.6 Å². The molecule has 2 aromatic rings. The van der Waals surface area contributed by atoms with Crippen LogP contribution >= 0.6 is 11.8 Å². The minimum Gasteiger partial charge on any atom is -0.493 e. The number of nitrogens with two attached hydrogens (primary N) is 1. The molecule has 7 heteroatoms. The highest BCUT2D eigenvalue weighted by Gasteiger charge is 2.22. The molecule has 0 amide bonds. The van der Waals surface area contributed by atoms with Crippen molar-refractivity contribution in [3.05, 3.63) is 53.3 Å². The lowest BCUT2D eigenvalue weighted by Gasteiger charge is -2.14. The zero-order valence-corrected chi connectivity index (χ0v) is 16.7. The molecule has 3 rings (SSSR count). The second-order valence-electron chi connectivity index (χ2n) is 6.69.